The second-order valence-corrected chi connectivity index (χ2v) is 10.5. The van der Waals surface area contributed by atoms with Crippen molar-refractivity contribution in [1.82, 2.24) is 0 Å². The number of rotatable bonds is 6. The van der Waals surface area contributed by atoms with Crippen molar-refractivity contribution in [2.24, 2.45) is 40.4 Å². The Hall–Kier alpha value is -1.83. The molecule has 0 amide bonds. The highest BCUT2D eigenvalue weighted by Gasteiger charge is 2.63. The average Bonchev–Trinajstić information content (AvgIpc) is 3.08. The molecule has 4 aliphatic rings. The van der Waals surface area contributed by atoms with E-state index >= 15 is 0 Å². The smallest absolute Gasteiger partial charge is 0.332 e. The molecule has 0 spiro atoms. The van der Waals surface area contributed by atoms with Crippen LogP contribution in [0.2, 0.25) is 0 Å². The highest BCUT2D eigenvalue weighted by Crippen LogP contribution is 2.66. The molecule has 7 heteroatoms. The second kappa shape index (κ2) is 8.50. The van der Waals surface area contributed by atoms with Crippen LogP contribution in [0.4, 0.5) is 0 Å². The van der Waals surface area contributed by atoms with Crippen LogP contribution in [0.3, 0.4) is 0 Å². The molecule has 0 aromatic heterocycles. The number of hydrogen-bond donors (Lipinski definition) is 2. The number of allylic oxidation sites excluding steroid dienone is 3. The van der Waals surface area contributed by atoms with Gasteiger partial charge in [0.2, 0.25) is 0 Å². The highest BCUT2D eigenvalue weighted by atomic mass is 16.6. The molecule has 0 bridgehead atoms. The van der Waals surface area contributed by atoms with E-state index in [4.69, 9.17) is 9.47 Å². The van der Waals surface area contributed by atoms with E-state index in [9.17, 15) is 24.6 Å². The average molecular weight is 447 g/mol. The summed E-state index contributed by atoms with van der Waals surface area (Å²) in [7, 11) is 1.44. The van der Waals surface area contributed by atoms with E-state index in [1.807, 2.05) is 6.08 Å². The zero-order valence-electron chi connectivity index (χ0n) is 19.1. The number of fused-ring (bicyclic) bond motifs is 5. The Morgan fingerprint density at radius 3 is 2.69 bits per heavy atom. The van der Waals surface area contributed by atoms with Gasteiger partial charge < -0.3 is 19.7 Å². The Bertz CT molecular complexity index is 860. The topological polar surface area (TPSA) is 110 Å². The normalized spacial score (nSPS) is 42.5. The number of aliphatic hydroxyl groups is 2. The fraction of sp³-hybridized carbons (Fsp3) is 0.720. The predicted octanol–water partition coefficient (Wildman–Crippen LogP) is 1.86. The summed E-state index contributed by atoms with van der Waals surface area (Å²) in [6, 6.07) is 0. The Morgan fingerprint density at radius 2 is 2.00 bits per heavy atom. The molecule has 7 nitrogen and oxygen atoms in total. The number of methoxy groups -OCH3 is 1. The quantitative estimate of drug-likeness (QED) is 0.599. The van der Waals surface area contributed by atoms with Gasteiger partial charge in [0.05, 0.1) is 12.7 Å². The van der Waals surface area contributed by atoms with Crippen molar-refractivity contribution < 1.29 is 34.1 Å². The summed E-state index contributed by atoms with van der Waals surface area (Å²) in [5.41, 5.74) is 0.0263. The van der Waals surface area contributed by atoms with E-state index < -0.39 is 24.1 Å². The van der Waals surface area contributed by atoms with Crippen LogP contribution in [0.25, 0.3) is 0 Å². The van der Waals surface area contributed by atoms with E-state index in [1.54, 1.807) is 12.2 Å². The Kier molecular flexibility index (Phi) is 6.20. The molecule has 8 atom stereocenters. The monoisotopic (exact) mass is 446 g/mol. The number of carbonyl (C=O) groups excluding carboxylic acids is 3. The number of ether oxygens (including phenoxy) is 2. The lowest BCUT2D eigenvalue weighted by Crippen LogP contribution is -2.58. The van der Waals surface area contributed by atoms with Gasteiger partial charge in [-0.05, 0) is 60.7 Å². The number of Topliss-reactive ketones (excluding diaryl/α,β-unsaturated/α-hetero) is 1. The van der Waals surface area contributed by atoms with Crippen LogP contribution >= 0.6 is 0 Å². The van der Waals surface area contributed by atoms with E-state index in [0.29, 0.717) is 12.8 Å². The van der Waals surface area contributed by atoms with Crippen LogP contribution in [-0.2, 0) is 23.9 Å². The predicted molar refractivity (Wildman–Crippen MR) is 115 cm³/mol. The summed E-state index contributed by atoms with van der Waals surface area (Å²) in [6.07, 6.45) is 7.30. The first kappa shape index (κ1) is 23.3. The molecule has 4 rings (SSSR count). The maximum absolute atomic E-state index is 12.5. The first-order valence-electron chi connectivity index (χ1n) is 11.6. The summed E-state index contributed by atoms with van der Waals surface area (Å²) in [4.78, 5) is 36.7. The molecule has 0 unspecified atom stereocenters. The van der Waals surface area contributed by atoms with Gasteiger partial charge in [-0.2, -0.15) is 0 Å². The van der Waals surface area contributed by atoms with Gasteiger partial charge in [-0.1, -0.05) is 19.9 Å². The zero-order chi connectivity index (χ0) is 23.3. The van der Waals surface area contributed by atoms with Crippen molar-refractivity contribution in [2.45, 2.75) is 45.6 Å². The molecule has 3 fully saturated rings. The Morgan fingerprint density at radius 1 is 1.25 bits per heavy atom. The molecule has 0 radical (unpaired) electrons. The fourth-order valence-electron chi connectivity index (χ4n) is 7.70. The van der Waals surface area contributed by atoms with Crippen LogP contribution in [0.5, 0.6) is 0 Å². The summed E-state index contributed by atoms with van der Waals surface area (Å²) >= 11 is 0. The third-order valence-corrected chi connectivity index (χ3v) is 8.91. The number of aliphatic hydroxyl groups excluding tert-OH is 2. The minimum atomic E-state index is -0.628. The van der Waals surface area contributed by atoms with E-state index in [-0.39, 0.29) is 59.8 Å². The van der Waals surface area contributed by atoms with Gasteiger partial charge in [-0.3, -0.25) is 9.59 Å². The lowest BCUT2D eigenvalue weighted by molar-refractivity contribution is -0.154. The van der Waals surface area contributed by atoms with Gasteiger partial charge in [-0.15, -0.1) is 0 Å². The van der Waals surface area contributed by atoms with Crippen LogP contribution < -0.4 is 0 Å². The van der Waals surface area contributed by atoms with Crippen LogP contribution in [0, 0.1) is 40.4 Å². The zero-order valence-corrected chi connectivity index (χ0v) is 19.1. The number of esters is 1. The van der Waals surface area contributed by atoms with Crippen molar-refractivity contribution in [2.75, 3.05) is 26.9 Å². The standard InChI is InChI=1S/C25H34O7/c1-24-7-6-15(27)9-19(24)14(12-32-22(30)13-31-3)8-16-17-4-5-18(21(29)11-26)25(17,2)10-20(28)23(16)24/h6-7,9,14,16-18,20,23,26,28H,4-5,8,10-13H2,1-3H3/t14-,16+,17+,18-,20+,23-,24+,25+/m1/s1. The van der Waals surface area contributed by atoms with Crippen molar-refractivity contribution in [3.63, 3.8) is 0 Å². The summed E-state index contributed by atoms with van der Waals surface area (Å²) in [5.74, 6) is -0.811. The molecule has 0 heterocycles. The minimum Gasteiger partial charge on any atom is -0.463 e. The lowest BCUT2D eigenvalue weighted by atomic mass is 9.45. The molecule has 2 N–H and O–H groups in total. The number of carbonyl (C=O) groups is 3. The van der Waals surface area contributed by atoms with Crippen molar-refractivity contribution in [1.29, 1.82) is 0 Å². The molecule has 4 aliphatic carbocycles. The van der Waals surface area contributed by atoms with Gasteiger partial charge in [0.25, 0.3) is 0 Å². The second-order valence-electron chi connectivity index (χ2n) is 10.5. The molecular formula is C25H34O7. The van der Waals surface area contributed by atoms with Crippen molar-refractivity contribution in [3.8, 4) is 0 Å². The third kappa shape index (κ3) is 3.58. The van der Waals surface area contributed by atoms with Gasteiger partial charge in [0, 0.05) is 30.3 Å². The molecule has 0 aromatic rings. The molecule has 176 valence electrons. The van der Waals surface area contributed by atoms with Gasteiger partial charge in [-0.25, -0.2) is 4.79 Å². The minimum absolute atomic E-state index is 0.0786. The molecule has 0 aromatic carbocycles. The summed E-state index contributed by atoms with van der Waals surface area (Å²) in [6.45, 7) is 3.72. The number of hydrogen-bond acceptors (Lipinski definition) is 7. The fourth-order valence-corrected chi connectivity index (χ4v) is 7.70. The lowest BCUT2D eigenvalue weighted by Gasteiger charge is -2.60. The van der Waals surface area contributed by atoms with Gasteiger partial charge >= 0.3 is 5.97 Å². The molecule has 32 heavy (non-hydrogen) atoms. The Labute approximate surface area is 188 Å². The maximum atomic E-state index is 12.5. The molecule has 0 aliphatic heterocycles. The molecule has 0 saturated heterocycles. The van der Waals surface area contributed by atoms with E-state index in [2.05, 4.69) is 13.8 Å². The first-order chi connectivity index (χ1) is 15.2. The van der Waals surface area contributed by atoms with Gasteiger partial charge in [0.1, 0.15) is 13.2 Å². The summed E-state index contributed by atoms with van der Waals surface area (Å²) < 4.78 is 10.3. The van der Waals surface area contributed by atoms with E-state index in [1.165, 1.54) is 7.11 Å². The maximum Gasteiger partial charge on any atom is 0.332 e. The first-order valence-corrected chi connectivity index (χ1v) is 11.6. The van der Waals surface area contributed by atoms with Crippen LogP contribution in [0.1, 0.15) is 39.5 Å². The third-order valence-electron chi connectivity index (χ3n) is 8.91. The van der Waals surface area contributed by atoms with Crippen molar-refractivity contribution in [3.05, 3.63) is 23.8 Å². The van der Waals surface area contributed by atoms with Crippen LogP contribution in [-0.4, -0.2) is 60.8 Å². The van der Waals surface area contributed by atoms with Gasteiger partial charge in [0.15, 0.2) is 11.6 Å². The van der Waals surface area contributed by atoms with Crippen LogP contribution in [0.15, 0.2) is 23.8 Å². The Balaban J connectivity index is 1.69. The van der Waals surface area contributed by atoms with E-state index in [0.717, 1.165) is 18.4 Å². The molecule has 3 saturated carbocycles. The summed E-state index contributed by atoms with van der Waals surface area (Å²) in [5, 5.41) is 20.9. The van der Waals surface area contributed by atoms with Crippen molar-refractivity contribution >= 4 is 17.5 Å². The largest absolute Gasteiger partial charge is 0.463 e. The molecular weight excluding hydrogens is 412 g/mol. The SMILES string of the molecule is COCC(=O)OC[C@H]1C[C@@H]2[C@H]([C@@H](O)C[C@]3(C)[C@@H](C(=O)CO)CC[C@@H]23)[C@@]2(C)C=CC(=O)C=C12. The highest BCUT2D eigenvalue weighted by molar-refractivity contribution is 6.01. The number of ketones is 2.